The van der Waals surface area contributed by atoms with Gasteiger partial charge in [-0.1, -0.05) is 12.8 Å². The van der Waals surface area contributed by atoms with Crippen LogP contribution in [0.3, 0.4) is 0 Å². The van der Waals surface area contributed by atoms with Gasteiger partial charge in [0.05, 0.1) is 6.33 Å². The van der Waals surface area contributed by atoms with E-state index < -0.39 is 0 Å². The highest BCUT2D eigenvalue weighted by Gasteiger charge is 2.16. The third-order valence-electron chi connectivity index (χ3n) is 2.70. The van der Waals surface area contributed by atoms with Crippen molar-refractivity contribution in [3.05, 3.63) is 21.2 Å². The quantitative estimate of drug-likeness (QED) is 0.687. The standard InChI is InChI=1S/C10H13BrN2OS/c11-8-9(14)12-6-13-10(8)15-5-7-3-1-2-4-7/h6-7H,1-5H2,(H,12,13,14). The van der Waals surface area contributed by atoms with Crippen molar-refractivity contribution in [3.63, 3.8) is 0 Å². The molecule has 1 saturated carbocycles. The number of hydrogen-bond donors (Lipinski definition) is 1. The molecule has 1 N–H and O–H groups in total. The molecule has 1 aromatic heterocycles. The topological polar surface area (TPSA) is 45.8 Å². The molecule has 5 heteroatoms. The molecular formula is C10H13BrN2OS. The van der Waals surface area contributed by atoms with Gasteiger partial charge in [-0.25, -0.2) is 4.98 Å². The Morgan fingerprint density at radius 3 is 3.00 bits per heavy atom. The minimum absolute atomic E-state index is 0.0982. The lowest BCUT2D eigenvalue weighted by molar-refractivity contribution is 0.622. The molecule has 1 fully saturated rings. The van der Waals surface area contributed by atoms with E-state index in [1.54, 1.807) is 11.8 Å². The zero-order valence-corrected chi connectivity index (χ0v) is 10.7. The van der Waals surface area contributed by atoms with Gasteiger partial charge in [0.2, 0.25) is 0 Å². The van der Waals surface area contributed by atoms with Crippen molar-refractivity contribution in [2.75, 3.05) is 5.75 Å². The first-order valence-electron chi connectivity index (χ1n) is 5.13. The number of rotatable bonds is 3. The zero-order chi connectivity index (χ0) is 10.7. The van der Waals surface area contributed by atoms with Crippen molar-refractivity contribution in [1.82, 2.24) is 9.97 Å². The number of aromatic amines is 1. The Bertz CT molecular complexity index is 387. The number of halogens is 1. The summed E-state index contributed by atoms with van der Waals surface area (Å²) in [5.41, 5.74) is -0.0982. The van der Waals surface area contributed by atoms with Crippen molar-refractivity contribution >= 4 is 27.7 Å². The van der Waals surface area contributed by atoms with Crippen molar-refractivity contribution in [2.24, 2.45) is 5.92 Å². The van der Waals surface area contributed by atoms with Gasteiger partial charge in [-0.3, -0.25) is 4.79 Å². The van der Waals surface area contributed by atoms with Gasteiger partial charge in [-0.15, -0.1) is 11.8 Å². The van der Waals surface area contributed by atoms with Gasteiger partial charge < -0.3 is 4.98 Å². The first kappa shape index (κ1) is 11.2. The van der Waals surface area contributed by atoms with Crippen molar-refractivity contribution in [1.29, 1.82) is 0 Å². The normalized spacial score (nSPS) is 17.1. The SMILES string of the molecule is O=c1[nH]cnc(SCC2CCCC2)c1Br. The van der Waals surface area contributed by atoms with E-state index in [2.05, 4.69) is 25.9 Å². The van der Waals surface area contributed by atoms with Gasteiger partial charge in [0.25, 0.3) is 5.56 Å². The summed E-state index contributed by atoms with van der Waals surface area (Å²) in [5.74, 6) is 1.89. The van der Waals surface area contributed by atoms with Gasteiger partial charge in [-0.2, -0.15) is 0 Å². The first-order chi connectivity index (χ1) is 7.27. The minimum atomic E-state index is -0.0982. The Labute approximate surface area is 101 Å². The molecule has 0 aromatic carbocycles. The van der Waals surface area contributed by atoms with E-state index >= 15 is 0 Å². The number of aromatic nitrogens is 2. The molecule has 0 radical (unpaired) electrons. The Morgan fingerprint density at radius 1 is 1.53 bits per heavy atom. The van der Waals surface area contributed by atoms with Gasteiger partial charge in [0.15, 0.2) is 0 Å². The molecule has 0 spiro atoms. The smallest absolute Gasteiger partial charge is 0.266 e. The van der Waals surface area contributed by atoms with E-state index in [0.717, 1.165) is 16.7 Å². The maximum Gasteiger partial charge on any atom is 0.266 e. The lowest BCUT2D eigenvalue weighted by Crippen LogP contribution is -2.08. The van der Waals surface area contributed by atoms with Crippen LogP contribution in [0.4, 0.5) is 0 Å². The van der Waals surface area contributed by atoms with Gasteiger partial charge in [0.1, 0.15) is 9.50 Å². The fourth-order valence-corrected chi connectivity index (χ4v) is 3.47. The Morgan fingerprint density at radius 2 is 2.27 bits per heavy atom. The van der Waals surface area contributed by atoms with Crippen LogP contribution in [0.5, 0.6) is 0 Å². The van der Waals surface area contributed by atoms with E-state index in [4.69, 9.17) is 0 Å². The molecule has 3 nitrogen and oxygen atoms in total. The Kier molecular flexibility index (Phi) is 3.86. The second-order valence-electron chi connectivity index (χ2n) is 3.81. The Balaban J connectivity index is 1.98. The molecular weight excluding hydrogens is 276 g/mol. The van der Waals surface area contributed by atoms with Crippen LogP contribution in [0, 0.1) is 5.92 Å². The average molecular weight is 289 g/mol. The molecule has 1 heterocycles. The molecule has 0 atom stereocenters. The predicted molar refractivity (Wildman–Crippen MR) is 65.2 cm³/mol. The highest BCUT2D eigenvalue weighted by atomic mass is 79.9. The third-order valence-corrected chi connectivity index (χ3v) is 4.91. The van der Waals surface area contributed by atoms with Crippen LogP contribution in [-0.2, 0) is 0 Å². The van der Waals surface area contributed by atoms with Crippen LogP contribution in [0.15, 0.2) is 20.6 Å². The fourth-order valence-electron chi connectivity index (χ4n) is 1.84. The van der Waals surface area contributed by atoms with Gasteiger partial charge in [-0.05, 0) is 34.7 Å². The van der Waals surface area contributed by atoms with Crippen LogP contribution in [0.25, 0.3) is 0 Å². The number of nitrogens with one attached hydrogen (secondary N) is 1. The van der Waals surface area contributed by atoms with E-state index in [9.17, 15) is 4.79 Å². The number of H-pyrrole nitrogens is 1. The molecule has 1 aromatic rings. The third kappa shape index (κ3) is 2.84. The summed E-state index contributed by atoms with van der Waals surface area (Å²) in [6.45, 7) is 0. The van der Waals surface area contributed by atoms with Crippen LogP contribution in [0.2, 0.25) is 0 Å². The Hall–Kier alpha value is -0.290. The second-order valence-corrected chi connectivity index (χ2v) is 5.61. The van der Waals surface area contributed by atoms with Crippen LogP contribution >= 0.6 is 27.7 Å². The fraction of sp³-hybridized carbons (Fsp3) is 0.600. The van der Waals surface area contributed by atoms with Crippen LogP contribution < -0.4 is 5.56 Å². The molecule has 15 heavy (non-hydrogen) atoms. The molecule has 0 saturated heterocycles. The lowest BCUT2D eigenvalue weighted by atomic mass is 10.1. The monoisotopic (exact) mass is 288 g/mol. The molecule has 0 aliphatic heterocycles. The summed E-state index contributed by atoms with van der Waals surface area (Å²) in [6, 6.07) is 0. The van der Waals surface area contributed by atoms with E-state index in [0.29, 0.717) is 4.47 Å². The zero-order valence-electron chi connectivity index (χ0n) is 8.33. The molecule has 0 amide bonds. The van der Waals surface area contributed by atoms with Gasteiger partial charge in [0, 0.05) is 5.75 Å². The number of hydrogen-bond acceptors (Lipinski definition) is 3. The molecule has 0 bridgehead atoms. The largest absolute Gasteiger partial charge is 0.312 e. The van der Waals surface area contributed by atoms with Crippen LogP contribution in [0.1, 0.15) is 25.7 Å². The predicted octanol–water partition coefficient (Wildman–Crippen LogP) is 2.81. The van der Waals surface area contributed by atoms with Crippen LogP contribution in [-0.4, -0.2) is 15.7 Å². The number of thioether (sulfide) groups is 1. The van der Waals surface area contributed by atoms with E-state index in [1.165, 1.54) is 32.0 Å². The van der Waals surface area contributed by atoms with E-state index in [1.807, 2.05) is 0 Å². The molecule has 0 unspecified atom stereocenters. The summed E-state index contributed by atoms with van der Waals surface area (Å²) in [7, 11) is 0. The highest BCUT2D eigenvalue weighted by molar-refractivity contribution is 9.10. The summed E-state index contributed by atoms with van der Waals surface area (Å²) in [4.78, 5) is 18.0. The maximum atomic E-state index is 11.3. The molecule has 1 aliphatic carbocycles. The highest BCUT2D eigenvalue weighted by Crippen LogP contribution is 2.31. The van der Waals surface area contributed by atoms with Crippen molar-refractivity contribution < 1.29 is 0 Å². The first-order valence-corrected chi connectivity index (χ1v) is 6.91. The summed E-state index contributed by atoms with van der Waals surface area (Å²) < 4.78 is 0.563. The second kappa shape index (κ2) is 5.16. The summed E-state index contributed by atoms with van der Waals surface area (Å²) in [6.07, 6.45) is 6.83. The molecule has 1 aliphatic rings. The summed E-state index contributed by atoms with van der Waals surface area (Å²) in [5, 5.41) is 0.811. The maximum absolute atomic E-state index is 11.3. The summed E-state index contributed by atoms with van der Waals surface area (Å²) >= 11 is 4.94. The molecule has 2 rings (SSSR count). The van der Waals surface area contributed by atoms with Crippen molar-refractivity contribution in [3.8, 4) is 0 Å². The minimum Gasteiger partial charge on any atom is -0.312 e. The average Bonchev–Trinajstić information content (AvgIpc) is 2.73. The van der Waals surface area contributed by atoms with E-state index in [-0.39, 0.29) is 5.56 Å². The lowest BCUT2D eigenvalue weighted by Gasteiger charge is -2.07. The van der Waals surface area contributed by atoms with Crippen molar-refractivity contribution in [2.45, 2.75) is 30.7 Å². The molecule has 82 valence electrons. The van der Waals surface area contributed by atoms with Gasteiger partial charge >= 0.3 is 0 Å². The number of nitrogens with zero attached hydrogens (tertiary/aromatic N) is 1.